The Morgan fingerprint density at radius 1 is 1.10 bits per heavy atom. The van der Waals surface area contributed by atoms with Crippen LogP contribution in [0.3, 0.4) is 0 Å². The van der Waals surface area contributed by atoms with Crippen LogP contribution in [0.25, 0.3) is 11.0 Å². The third-order valence-corrected chi connectivity index (χ3v) is 5.39. The van der Waals surface area contributed by atoms with Gasteiger partial charge in [-0.3, -0.25) is 0 Å². The second-order valence-electron chi connectivity index (χ2n) is 7.61. The molecule has 0 spiro atoms. The summed E-state index contributed by atoms with van der Waals surface area (Å²) < 4.78 is 13.8. The molecule has 0 atom stereocenters. The van der Waals surface area contributed by atoms with E-state index in [0.717, 1.165) is 59.7 Å². The fraction of sp³-hybridized carbons (Fsp3) is 0.400. The molecule has 0 unspecified atom stereocenters. The van der Waals surface area contributed by atoms with Crippen molar-refractivity contribution in [2.75, 3.05) is 20.3 Å². The highest BCUT2D eigenvalue weighted by Crippen LogP contribution is 2.29. The largest absolute Gasteiger partial charge is 0.493 e. The lowest BCUT2D eigenvalue weighted by molar-refractivity contribution is 0.279. The van der Waals surface area contributed by atoms with Crippen molar-refractivity contribution >= 4 is 11.0 Å². The lowest BCUT2D eigenvalue weighted by Gasteiger charge is -2.13. The van der Waals surface area contributed by atoms with Gasteiger partial charge in [-0.15, -0.1) is 6.58 Å². The Morgan fingerprint density at radius 3 is 2.63 bits per heavy atom. The minimum absolute atomic E-state index is 0.173. The predicted molar refractivity (Wildman–Crippen MR) is 122 cm³/mol. The average Bonchev–Trinajstić information content (AvgIpc) is 3.07. The van der Waals surface area contributed by atoms with E-state index >= 15 is 0 Å². The van der Waals surface area contributed by atoms with E-state index in [1.54, 1.807) is 7.11 Å². The summed E-state index contributed by atoms with van der Waals surface area (Å²) in [5, 5.41) is 9.25. The van der Waals surface area contributed by atoms with Gasteiger partial charge in [-0.1, -0.05) is 12.1 Å². The Balaban J connectivity index is 1.71. The van der Waals surface area contributed by atoms with Gasteiger partial charge in [0.15, 0.2) is 11.5 Å². The van der Waals surface area contributed by atoms with Crippen molar-refractivity contribution in [3.63, 3.8) is 0 Å². The van der Waals surface area contributed by atoms with Crippen molar-refractivity contribution < 1.29 is 14.6 Å². The number of imidazole rings is 1. The van der Waals surface area contributed by atoms with Gasteiger partial charge in [0.1, 0.15) is 5.82 Å². The molecule has 1 heterocycles. The number of aliphatic hydroxyl groups excluding tert-OH is 1. The van der Waals surface area contributed by atoms with Crippen molar-refractivity contribution in [3.05, 3.63) is 65.5 Å². The number of aromatic nitrogens is 2. The smallest absolute Gasteiger partial charge is 0.161 e. The van der Waals surface area contributed by atoms with Crippen molar-refractivity contribution in [2.24, 2.45) is 0 Å². The van der Waals surface area contributed by atoms with E-state index in [2.05, 4.69) is 37.1 Å². The maximum atomic E-state index is 9.25. The highest BCUT2D eigenvalue weighted by atomic mass is 16.5. The molecule has 0 aliphatic carbocycles. The molecule has 0 aliphatic rings. The van der Waals surface area contributed by atoms with Gasteiger partial charge in [0, 0.05) is 19.6 Å². The fourth-order valence-electron chi connectivity index (χ4n) is 3.64. The number of rotatable bonds is 11. The number of hydrogen-bond donors (Lipinski definition) is 1. The molecule has 3 aromatic rings. The zero-order valence-corrected chi connectivity index (χ0v) is 18.3. The first-order valence-corrected chi connectivity index (χ1v) is 10.5. The Labute approximate surface area is 179 Å². The molecule has 30 heavy (non-hydrogen) atoms. The standard InChI is InChI=1S/C25H32N2O3/c1-5-8-20-10-11-23(24(17-20)29-4)30-14-7-12-27-22-16-19(3)18(2)15-21(22)26-25(27)9-6-13-28/h5,10-11,15-17,28H,1,6-9,12-14H2,2-4H3. The van der Waals surface area contributed by atoms with Crippen molar-refractivity contribution in [3.8, 4) is 11.5 Å². The SMILES string of the molecule is C=CCc1ccc(OCCCn2c(CCCO)nc3cc(C)c(C)cc32)c(OC)c1. The quantitative estimate of drug-likeness (QED) is 0.366. The van der Waals surface area contributed by atoms with Crippen LogP contribution in [0, 0.1) is 13.8 Å². The van der Waals surface area contributed by atoms with E-state index in [1.165, 1.54) is 11.1 Å². The van der Waals surface area contributed by atoms with Gasteiger partial charge in [0.05, 0.1) is 24.8 Å². The molecule has 1 aromatic heterocycles. The Bertz CT molecular complexity index is 1010. The number of benzene rings is 2. The van der Waals surface area contributed by atoms with Gasteiger partial charge >= 0.3 is 0 Å². The molecule has 0 saturated heterocycles. The van der Waals surface area contributed by atoms with Crippen LogP contribution in [0.1, 0.15) is 35.4 Å². The highest BCUT2D eigenvalue weighted by Gasteiger charge is 2.12. The first kappa shape index (κ1) is 21.9. The average molecular weight is 409 g/mol. The summed E-state index contributed by atoms with van der Waals surface area (Å²) in [6.07, 6.45) is 5.01. The summed E-state index contributed by atoms with van der Waals surface area (Å²) in [4.78, 5) is 4.83. The fourth-order valence-corrected chi connectivity index (χ4v) is 3.64. The topological polar surface area (TPSA) is 56.5 Å². The summed E-state index contributed by atoms with van der Waals surface area (Å²) in [6.45, 7) is 9.60. The maximum Gasteiger partial charge on any atom is 0.161 e. The van der Waals surface area contributed by atoms with Gasteiger partial charge in [-0.25, -0.2) is 4.98 Å². The molecule has 2 aromatic carbocycles. The third-order valence-electron chi connectivity index (χ3n) is 5.39. The molecule has 5 heteroatoms. The van der Waals surface area contributed by atoms with Crippen LogP contribution in [0.2, 0.25) is 0 Å². The van der Waals surface area contributed by atoms with E-state index in [0.29, 0.717) is 13.0 Å². The van der Waals surface area contributed by atoms with Gasteiger partial charge in [-0.05, 0) is 74.1 Å². The third kappa shape index (κ3) is 5.03. The number of hydrogen-bond acceptors (Lipinski definition) is 4. The van der Waals surface area contributed by atoms with Crippen LogP contribution in [-0.2, 0) is 19.4 Å². The molecule has 0 saturated carbocycles. The molecule has 0 aliphatic heterocycles. The van der Waals surface area contributed by atoms with Crippen molar-refractivity contribution in [2.45, 2.75) is 46.1 Å². The second kappa shape index (κ2) is 10.3. The molecule has 1 N–H and O–H groups in total. The van der Waals surface area contributed by atoms with E-state index in [-0.39, 0.29) is 6.61 Å². The van der Waals surface area contributed by atoms with E-state index < -0.39 is 0 Å². The molecule has 0 fully saturated rings. The Hall–Kier alpha value is -2.79. The molecule has 0 amide bonds. The maximum absolute atomic E-state index is 9.25. The molecule has 3 rings (SSSR count). The molecule has 0 bridgehead atoms. The monoisotopic (exact) mass is 408 g/mol. The zero-order valence-electron chi connectivity index (χ0n) is 18.3. The van der Waals surface area contributed by atoms with Crippen molar-refractivity contribution in [1.29, 1.82) is 0 Å². The van der Waals surface area contributed by atoms with Gasteiger partial charge in [0.2, 0.25) is 0 Å². The van der Waals surface area contributed by atoms with Crippen LogP contribution in [0.5, 0.6) is 11.5 Å². The van der Waals surface area contributed by atoms with E-state index in [4.69, 9.17) is 14.5 Å². The molecular weight excluding hydrogens is 376 g/mol. The number of methoxy groups -OCH3 is 1. The summed E-state index contributed by atoms with van der Waals surface area (Å²) in [6, 6.07) is 10.4. The summed E-state index contributed by atoms with van der Waals surface area (Å²) in [5.41, 5.74) is 5.83. The zero-order chi connectivity index (χ0) is 21.5. The Morgan fingerprint density at radius 2 is 1.90 bits per heavy atom. The number of allylic oxidation sites excluding steroid dienone is 1. The normalized spacial score (nSPS) is 11.1. The first-order chi connectivity index (χ1) is 14.6. The van der Waals surface area contributed by atoms with Crippen LogP contribution in [0.15, 0.2) is 43.0 Å². The van der Waals surface area contributed by atoms with E-state index in [1.807, 2.05) is 24.3 Å². The first-order valence-electron chi connectivity index (χ1n) is 10.5. The lowest BCUT2D eigenvalue weighted by atomic mass is 10.1. The number of aryl methyl sites for hydroxylation is 4. The second-order valence-corrected chi connectivity index (χ2v) is 7.61. The Kier molecular flexibility index (Phi) is 7.52. The van der Waals surface area contributed by atoms with Crippen LogP contribution in [-0.4, -0.2) is 35.0 Å². The number of ether oxygens (including phenoxy) is 2. The number of nitrogens with zero attached hydrogens (tertiary/aromatic N) is 2. The minimum Gasteiger partial charge on any atom is -0.493 e. The number of fused-ring (bicyclic) bond motifs is 1. The molecule has 0 radical (unpaired) electrons. The highest BCUT2D eigenvalue weighted by molar-refractivity contribution is 5.78. The lowest BCUT2D eigenvalue weighted by Crippen LogP contribution is -2.09. The van der Waals surface area contributed by atoms with Gasteiger partial charge in [0.25, 0.3) is 0 Å². The molecule has 5 nitrogen and oxygen atoms in total. The van der Waals surface area contributed by atoms with Crippen LogP contribution < -0.4 is 9.47 Å². The summed E-state index contributed by atoms with van der Waals surface area (Å²) >= 11 is 0. The van der Waals surface area contributed by atoms with Crippen molar-refractivity contribution in [1.82, 2.24) is 9.55 Å². The predicted octanol–water partition coefficient (Wildman–Crippen LogP) is 4.78. The van der Waals surface area contributed by atoms with Gasteiger partial charge in [-0.2, -0.15) is 0 Å². The molecule has 160 valence electrons. The van der Waals surface area contributed by atoms with E-state index in [9.17, 15) is 5.11 Å². The minimum atomic E-state index is 0.173. The number of aliphatic hydroxyl groups is 1. The summed E-state index contributed by atoms with van der Waals surface area (Å²) in [5.74, 6) is 2.53. The summed E-state index contributed by atoms with van der Waals surface area (Å²) in [7, 11) is 1.66. The van der Waals surface area contributed by atoms with Crippen LogP contribution in [0.4, 0.5) is 0 Å². The van der Waals surface area contributed by atoms with Crippen LogP contribution >= 0.6 is 0 Å². The molecular formula is C25H32N2O3. The van der Waals surface area contributed by atoms with Gasteiger partial charge < -0.3 is 19.1 Å².